The number of nitrogens with one attached hydrogen (secondary N) is 1. The van der Waals surface area contributed by atoms with Crippen LogP contribution in [0.15, 0.2) is 67.0 Å². The van der Waals surface area contributed by atoms with Crippen LogP contribution in [0, 0.1) is 13.8 Å². The number of carboxylic acid groups (broad SMARTS) is 2. The van der Waals surface area contributed by atoms with Crippen LogP contribution in [0.2, 0.25) is 0 Å². The zero-order valence-electron chi connectivity index (χ0n) is 25.6. The van der Waals surface area contributed by atoms with Gasteiger partial charge in [0, 0.05) is 31.2 Å². The summed E-state index contributed by atoms with van der Waals surface area (Å²) in [5.74, 6) is -3.69. The Morgan fingerprint density at radius 1 is 0.957 bits per heavy atom. The molecule has 248 valence electrons. The van der Waals surface area contributed by atoms with Crippen molar-refractivity contribution in [1.82, 2.24) is 9.88 Å². The molecule has 2 unspecified atom stereocenters. The number of carbonyl (C=O) groups is 3. The van der Waals surface area contributed by atoms with Gasteiger partial charge in [-0.15, -0.1) is 0 Å². The molecule has 13 heteroatoms. The van der Waals surface area contributed by atoms with Crippen molar-refractivity contribution in [3.8, 4) is 0 Å². The molecular weight excluding hydrogens is 607 g/mol. The van der Waals surface area contributed by atoms with Gasteiger partial charge in [-0.25, -0.2) is 14.4 Å². The van der Waals surface area contributed by atoms with E-state index in [2.05, 4.69) is 10.3 Å². The number of aliphatic carboxylic acids is 1. The van der Waals surface area contributed by atoms with Crippen LogP contribution in [-0.2, 0) is 27.4 Å². The summed E-state index contributed by atoms with van der Waals surface area (Å²) in [6.07, 6.45) is 1.99. The summed E-state index contributed by atoms with van der Waals surface area (Å²) in [6.45, 7) is 5.29. The molecule has 2 aromatic carbocycles. The van der Waals surface area contributed by atoms with E-state index in [0.29, 0.717) is 30.8 Å². The van der Waals surface area contributed by atoms with Gasteiger partial charge in [0.05, 0.1) is 31.0 Å². The number of urea groups is 1. The number of aromatic carboxylic acids is 1. The number of benzene rings is 2. The molecule has 2 amide bonds. The Morgan fingerprint density at radius 3 is 2.26 bits per heavy atom. The van der Waals surface area contributed by atoms with E-state index in [0.717, 1.165) is 48.1 Å². The molecule has 1 heterocycles. The van der Waals surface area contributed by atoms with Crippen molar-refractivity contribution < 1.29 is 47.2 Å². The van der Waals surface area contributed by atoms with Crippen molar-refractivity contribution in [2.75, 3.05) is 18.5 Å². The number of aryl methyl sites for hydroxylation is 2. The molecule has 3 aromatic rings. The number of carbonyl (C=O) groups excluding carboxylic acids is 1. The van der Waals surface area contributed by atoms with Crippen LogP contribution >= 0.6 is 0 Å². The molecule has 1 aliphatic carbocycles. The van der Waals surface area contributed by atoms with Crippen molar-refractivity contribution >= 4 is 23.7 Å². The van der Waals surface area contributed by atoms with Crippen LogP contribution < -0.4 is 5.32 Å². The lowest BCUT2D eigenvalue weighted by Crippen LogP contribution is -2.38. The molecule has 2 atom stereocenters. The van der Waals surface area contributed by atoms with Gasteiger partial charge >= 0.3 is 24.1 Å². The molecule has 0 radical (unpaired) electrons. The molecule has 1 aliphatic rings. The lowest BCUT2D eigenvalue weighted by molar-refractivity contribution is -0.192. The van der Waals surface area contributed by atoms with E-state index in [-0.39, 0.29) is 24.8 Å². The number of hydrogen-bond acceptors (Lipinski definition) is 6. The fourth-order valence-corrected chi connectivity index (χ4v) is 4.97. The Hall–Kier alpha value is -4.49. The summed E-state index contributed by atoms with van der Waals surface area (Å²) in [5, 5.41) is 19.7. The van der Waals surface area contributed by atoms with Crippen molar-refractivity contribution in [1.29, 1.82) is 0 Å². The van der Waals surface area contributed by atoms with Crippen LogP contribution in [0.4, 0.5) is 23.7 Å². The number of rotatable bonds is 11. The normalized spacial score (nSPS) is 16.1. The number of ether oxygens (including phenoxy) is 2. The van der Waals surface area contributed by atoms with Gasteiger partial charge < -0.3 is 29.9 Å². The Kier molecular flexibility index (Phi) is 13.5. The van der Waals surface area contributed by atoms with Crippen molar-refractivity contribution in [2.45, 2.75) is 71.1 Å². The van der Waals surface area contributed by atoms with E-state index in [1.165, 1.54) is 0 Å². The number of anilines is 1. The predicted octanol–water partition coefficient (Wildman–Crippen LogP) is 6.61. The maximum Gasteiger partial charge on any atom is 0.490 e. The number of nitrogens with zero attached hydrogens (tertiary/aromatic N) is 2. The molecule has 0 saturated heterocycles. The summed E-state index contributed by atoms with van der Waals surface area (Å²) in [4.78, 5) is 39.7. The number of pyridine rings is 1. The molecule has 0 bridgehead atoms. The minimum absolute atomic E-state index is 0.00163. The summed E-state index contributed by atoms with van der Waals surface area (Å²) < 4.78 is 44.1. The highest BCUT2D eigenvalue weighted by atomic mass is 19.4. The first-order valence-corrected chi connectivity index (χ1v) is 14.7. The molecular formula is C33H38F3N3O7. The summed E-state index contributed by atoms with van der Waals surface area (Å²) in [7, 11) is 0. The maximum absolute atomic E-state index is 13.2. The molecule has 1 saturated carbocycles. The molecule has 3 N–H and O–H groups in total. The summed E-state index contributed by atoms with van der Waals surface area (Å²) in [6, 6.07) is 16.8. The van der Waals surface area contributed by atoms with E-state index in [1.54, 1.807) is 30.3 Å². The molecule has 0 spiro atoms. The van der Waals surface area contributed by atoms with Gasteiger partial charge in [-0.2, -0.15) is 13.2 Å². The predicted molar refractivity (Wildman–Crippen MR) is 163 cm³/mol. The summed E-state index contributed by atoms with van der Waals surface area (Å²) in [5.41, 5.74) is 4.47. The minimum atomic E-state index is -5.08. The first-order chi connectivity index (χ1) is 21.8. The standard InChI is InChI=1S/C31H37N3O5.C2HF3O2/c1-22-8-3-4-14-28(22)33-31(37)34(20-24-10-7-15-32-19-24)16-17-38-26-12-6-13-27(18-26)39-21-25-11-5-9-23(2)29(25)30(35)36;3-2(4,5)1(6)7/h3-5,7-11,14-15,19,26-27H,6,12-13,16-18,20-21H2,1-2H3,(H,33,37)(H,35,36);(H,6,7). The van der Waals surface area contributed by atoms with Crippen molar-refractivity contribution in [3.63, 3.8) is 0 Å². The fourth-order valence-electron chi connectivity index (χ4n) is 4.97. The second-order valence-corrected chi connectivity index (χ2v) is 10.8. The van der Waals surface area contributed by atoms with Gasteiger partial charge in [-0.3, -0.25) is 4.98 Å². The number of hydrogen-bond donors (Lipinski definition) is 3. The fraction of sp³-hybridized carbons (Fsp3) is 0.394. The van der Waals surface area contributed by atoms with Crippen LogP contribution in [0.1, 0.15) is 58.3 Å². The average molecular weight is 646 g/mol. The second kappa shape index (κ2) is 17.3. The van der Waals surface area contributed by atoms with Crippen LogP contribution in [0.5, 0.6) is 0 Å². The van der Waals surface area contributed by atoms with Gasteiger partial charge in [0.25, 0.3) is 0 Å². The average Bonchev–Trinajstić information content (AvgIpc) is 3.01. The minimum Gasteiger partial charge on any atom is -0.478 e. The zero-order chi connectivity index (χ0) is 33.7. The number of amides is 2. The second-order valence-electron chi connectivity index (χ2n) is 10.8. The van der Waals surface area contributed by atoms with Crippen LogP contribution in [0.3, 0.4) is 0 Å². The number of alkyl halides is 3. The van der Waals surface area contributed by atoms with E-state index in [4.69, 9.17) is 19.4 Å². The van der Waals surface area contributed by atoms with E-state index < -0.39 is 18.1 Å². The quantitative estimate of drug-likeness (QED) is 0.212. The van der Waals surface area contributed by atoms with Crippen molar-refractivity contribution in [3.05, 3.63) is 94.8 Å². The highest BCUT2D eigenvalue weighted by Gasteiger charge is 2.38. The molecule has 46 heavy (non-hydrogen) atoms. The summed E-state index contributed by atoms with van der Waals surface area (Å²) >= 11 is 0. The maximum atomic E-state index is 13.2. The topological polar surface area (TPSA) is 138 Å². The molecule has 4 rings (SSSR count). The first kappa shape index (κ1) is 36.0. The van der Waals surface area contributed by atoms with E-state index in [1.807, 2.05) is 55.5 Å². The Labute approximate surface area is 265 Å². The number of aromatic nitrogens is 1. The van der Waals surface area contributed by atoms with E-state index in [9.17, 15) is 27.9 Å². The lowest BCUT2D eigenvalue weighted by atomic mass is 9.94. The number of halogens is 3. The highest BCUT2D eigenvalue weighted by Crippen LogP contribution is 2.26. The number of carboxylic acids is 2. The largest absolute Gasteiger partial charge is 0.490 e. The third kappa shape index (κ3) is 11.5. The van der Waals surface area contributed by atoms with Gasteiger partial charge in [-0.1, -0.05) is 42.5 Å². The van der Waals surface area contributed by atoms with Crippen molar-refractivity contribution in [2.24, 2.45) is 0 Å². The third-order valence-corrected chi connectivity index (χ3v) is 7.35. The first-order valence-electron chi connectivity index (χ1n) is 14.7. The SMILES string of the molecule is Cc1ccccc1NC(=O)N(CCOC1CCCC(OCc2cccc(C)c2C(=O)O)C1)Cc1cccnc1.O=C(O)C(F)(F)F. The van der Waals surface area contributed by atoms with Gasteiger partial charge in [0.1, 0.15) is 0 Å². The third-order valence-electron chi connectivity index (χ3n) is 7.35. The Morgan fingerprint density at radius 2 is 1.63 bits per heavy atom. The molecule has 1 fully saturated rings. The molecule has 10 nitrogen and oxygen atoms in total. The van der Waals surface area contributed by atoms with Gasteiger partial charge in [0.2, 0.25) is 0 Å². The molecule has 1 aromatic heterocycles. The number of para-hydroxylation sites is 1. The molecule has 0 aliphatic heterocycles. The Bertz CT molecular complexity index is 1450. The highest BCUT2D eigenvalue weighted by molar-refractivity contribution is 5.91. The Balaban J connectivity index is 0.000000738. The lowest BCUT2D eigenvalue weighted by Gasteiger charge is -2.30. The smallest absolute Gasteiger partial charge is 0.478 e. The van der Waals surface area contributed by atoms with Crippen LogP contribution in [-0.4, -0.2) is 69.6 Å². The van der Waals surface area contributed by atoms with Gasteiger partial charge in [-0.05, 0) is 73.9 Å². The van der Waals surface area contributed by atoms with Crippen LogP contribution in [0.25, 0.3) is 0 Å². The van der Waals surface area contributed by atoms with Gasteiger partial charge in [0.15, 0.2) is 0 Å². The van der Waals surface area contributed by atoms with E-state index >= 15 is 0 Å². The monoisotopic (exact) mass is 645 g/mol. The zero-order valence-corrected chi connectivity index (χ0v) is 25.6.